The Morgan fingerprint density at radius 2 is 1.92 bits per heavy atom. The van der Waals surface area contributed by atoms with Crippen LogP contribution in [-0.4, -0.2) is 61.2 Å². The van der Waals surface area contributed by atoms with Gasteiger partial charge in [-0.3, -0.25) is 9.88 Å². The van der Waals surface area contributed by atoms with Crippen LogP contribution in [0.25, 0.3) is 0 Å². The standard InChI is InChI=1S/C21H29N3O/c1-17-13-18(2)21(20(14-17)15-19-5-4-6-22-16-19)25-12-11-24-9-7-23(3)8-10-24/h4-6,13-14,16H,7-12,15H2,1-3H3. The highest BCUT2D eigenvalue weighted by molar-refractivity contribution is 5.45. The predicted molar refractivity (Wildman–Crippen MR) is 102 cm³/mol. The number of hydrogen-bond donors (Lipinski definition) is 0. The normalized spacial score (nSPS) is 16.1. The van der Waals surface area contributed by atoms with Gasteiger partial charge in [0, 0.05) is 51.5 Å². The summed E-state index contributed by atoms with van der Waals surface area (Å²) < 4.78 is 6.25. The van der Waals surface area contributed by atoms with Crippen molar-refractivity contribution >= 4 is 0 Å². The third kappa shape index (κ3) is 5.03. The minimum Gasteiger partial charge on any atom is -0.492 e. The highest BCUT2D eigenvalue weighted by Crippen LogP contribution is 2.27. The number of ether oxygens (including phenoxy) is 1. The van der Waals surface area contributed by atoms with Gasteiger partial charge in [-0.25, -0.2) is 0 Å². The second-order valence-electron chi connectivity index (χ2n) is 7.10. The maximum atomic E-state index is 6.25. The molecule has 1 aliphatic rings. The molecule has 134 valence electrons. The van der Waals surface area contributed by atoms with E-state index in [0.29, 0.717) is 0 Å². The molecule has 1 aromatic carbocycles. The van der Waals surface area contributed by atoms with Crippen molar-refractivity contribution in [2.24, 2.45) is 0 Å². The zero-order valence-electron chi connectivity index (χ0n) is 15.7. The molecule has 0 spiro atoms. The lowest BCUT2D eigenvalue weighted by atomic mass is 10.00. The van der Waals surface area contributed by atoms with Gasteiger partial charge >= 0.3 is 0 Å². The summed E-state index contributed by atoms with van der Waals surface area (Å²) in [6.07, 6.45) is 4.62. The summed E-state index contributed by atoms with van der Waals surface area (Å²) in [5, 5.41) is 0. The van der Waals surface area contributed by atoms with E-state index in [0.717, 1.165) is 51.5 Å². The molecule has 0 saturated carbocycles. The van der Waals surface area contributed by atoms with Gasteiger partial charge < -0.3 is 9.64 Å². The molecule has 4 nitrogen and oxygen atoms in total. The van der Waals surface area contributed by atoms with E-state index in [1.807, 2.05) is 18.5 Å². The van der Waals surface area contributed by atoms with E-state index >= 15 is 0 Å². The Balaban J connectivity index is 1.65. The van der Waals surface area contributed by atoms with Crippen molar-refractivity contribution in [3.05, 3.63) is 58.9 Å². The van der Waals surface area contributed by atoms with E-state index in [2.05, 4.69) is 53.9 Å². The summed E-state index contributed by atoms with van der Waals surface area (Å²) in [5.41, 5.74) is 4.97. The molecule has 1 fully saturated rings. The van der Waals surface area contributed by atoms with E-state index in [1.54, 1.807) is 0 Å². The van der Waals surface area contributed by atoms with Crippen LogP contribution in [0.1, 0.15) is 22.3 Å². The Kier molecular flexibility index (Phi) is 6.05. The molecule has 1 aliphatic heterocycles. The number of aromatic nitrogens is 1. The number of hydrogen-bond acceptors (Lipinski definition) is 4. The largest absolute Gasteiger partial charge is 0.492 e. The van der Waals surface area contributed by atoms with Crippen LogP contribution in [0.2, 0.25) is 0 Å². The smallest absolute Gasteiger partial charge is 0.125 e. The number of piperazine rings is 1. The number of likely N-dealkylation sites (N-methyl/N-ethyl adjacent to an activating group) is 1. The van der Waals surface area contributed by atoms with E-state index in [-0.39, 0.29) is 0 Å². The van der Waals surface area contributed by atoms with Crippen molar-refractivity contribution in [3.8, 4) is 5.75 Å². The maximum Gasteiger partial charge on any atom is 0.125 e. The minimum atomic E-state index is 0.744. The van der Waals surface area contributed by atoms with Crippen molar-refractivity contribution in [3.63, 3.8) is 0 Å². The maximum absolute atomic E-state index is 6.25. The predicted octanol–water partition coefficient (Wildman–Crippen LogP) is 2.92. The fourth-order valence-electron chi connectivity index (χ4n) is 3.45. The van der Waals surface area contributed by atoms with Crippen LogP contribution in [0.5, 0.6) is 5.75 Å². The zero-order chi connectivity index (χ0) is 17.6. The summed E-state index contributed by atoms with van der Waals surface area (Å²) in [6.45, 7) is 10.6. The molecule has 1 saturated heterocycles. The first-order valence-corrected chi connectivity index (χ1v) is 9.14. The second kappa shape index (κ2) is 8.45. The molecule has 0 aliphatic carbocycles. The van der Waals surface area contributed by atoms with Crippen molar-refractivity contribution in [1.29, 1.82) is 0 Å². The van der Waals surface area contributed by atoms with Crippen molar-refractivity contribution < 1.29 is 4.74 Å². The lowest BCUT2D eigenvalue weighted by molar-refractivity contribution is 0.133. The average molecular weight is 339 g/mol. The summed E-state index contributed by atoms with van der Waals surface area (Å²) >= 11 is 0. The molecule has 0 unspecified atom stereocenters. The molecule has 25 heavy (non-hydrogen) atoms. The highest BCUT2D eigenvalue weighted by Gasteiger charge is 2.14. The van der Waals surface area contributed by atoms with E-state index in [4.69, 9.17) is 4.74 Å². The number of nitrogens with zero attached hydrogens (tertiary/aromatic N) is 3. The number of benzene rings is 1. The Labute approximate surface area is 151 Å². The van der Waals surface area contributed by atoms with Crippen LogP contribution in [0.15, 0.2) is 36.7 Å². The fraction of sp³-hybridized carbons (Fsp3) is 0.476. The quantitative estimate of drug-likeness (QED) is 0.809. The molecule has 0 N–H and O–H groups in total. The van der Waals surface area contributed by atoms with Crippen LogP contribution < -0.4 is 4.74 Å². The Bertz CT molecular complexity index is 679. The summed E-state index contributed by atoms with van der Waals surface area (Å²) in [7, 11) is 2.19. The van der Waals surface area contributed by atoms with E-state index < -0.39 is 0 Å². The van der Waals surface area contributed by atoms with Crippen molar-refractivity contribution in [1.82, 2.24) is 14.8 Å². The molecular formula is C21H29N3O. The molecular weight excluding hydrogens is 310 g/mol. The van der Waals surface area contributed by atoms with Crippen molar-refractivity contribution in [2.45, 2.75) is 20.3 Å². The van der Waals surface area contributed by atoms with Crippen molar-refractivity contribution in [2.75, 3.05) is 46.4 Å². The van der Waals surface area contributed by atoms with Crippen LogP contribution >= 0.6 is 0 Å². The van der Waals surface area contributed by atoms with Gasteiger partial charge in [0.25, 0.3) is 0 Å². The van der Waals surface area contributed by atoms with Gasteiger partial charge in [0.05, 0.1) is 0 Å². The molecule has 0 atom stereocenters. The van der Waals surface area contributed by atoms with Crippen LogP contribution in [0.4, 0.5) is 0 Å². The molecule has 2 aromatic rings. The second-order valence-corrected chi connectivity index (χ2v) is 7.10. The van der Waals surface area contributed by atoms with Gasteiger partial charge in [0.1, 0.15) is 12.4 Å². The van der Waals surface area contributed by atoms with Gasteiger partial charge in [0.2, 0.25) is 0 Å². The summed E-state index contributed by atoms with van der Waals surface area (Å²) in [6, 6.07) is 8.56. The Morgan fingerprint density at radius 3 is 2.64 bits per heavy atom. The molecule has 0 radical (unpaired) electrons. The van der Waals surface area contributed by atoms with Gasteiger partial charge in [-0.05, 0) is 43.7 Å². The third-order valence-corrected chi connectivity index (χ3v) is 4.86. The molecule has 4 heteroatoms. The lowest BCUT2D eigenvalue weighted by Crippen LogP contribution is -2.45. The number of rotatable bonds is 6. The molecule has 3 rings (SSSR count). The van der Waals surface area contributed by atoms with Crippen LogP contribution in [-0.2, 0) is 6.42 Å². The molecule has 0 amide bonds. The third-order valence-electron chi connectivity index (χ3n) is 4.86. The Hall–Kier alpha value is -1.91. The topological polar surface area (TPSA) is 28.6 Å². The van der Waals surface area contributed by atoms with Gasteiger partial charge in [-0.15, -0.1) is 0 Å². The first-order chi connectivity index (χ1) is 12.1. The van der Waals surface area contributed by atoms with Crippen LogP contribution in [0.3, 0.4) is 0 Å². The molecule has 0 bridgehead atoms. The van der Waals surface area contributed by atoms with Gasteiger partial charge in [-0.2, -0.15) is 0 Å². The van der Waals surface area contributed by atoms with Crippen LogP contribution in [0, 0.1) is 13.8 Å². The first kappa shape index (κ1) is 17.9. The highest BCUT2D eigenvalue weighted by atomic mass is 16.5. The molecule has 2 heterocycles. The number of aryl methyl sites for hydroxylation is 2. The van der Waals surface area contributed by atoms with Gasteiger partial charge in [0.15, 0.2) is 0 Å². The monoisotopic (exact) mass is 339 g/mol. The zero-order valence-corrected chi connectivity index (χ0v) is 15.7. The Morgan fingerprint density at radius 1 is 1.12 bits per heavy atom. The average Bonchev–Trinajstić information content (AvgIpc) is 2.60. The van der Waals surface area contributed by atoms with E-state index in [9.17, 15) is 0 Å². The van der Waals surface area contributed by atoms with Gasteiger partial charge in [-0.1, -0.05) is 23.8 Å². The lowest BCUT2D eigenvalue weighted by Gasteiger charge is -2.32. The summed E-state index contributed by atoms with van der Waals surface area (Å²) in [4.78, 5) is 9.11. The fourth-order valence-corrected chi connectivity index (χ4v) is 3.45. The SMILES string of the molecule is Cc1cc(C)c(OCCN2CCN(C)CC2)c(Cc2cccnc2)c1. The first-order valence-electron chi connectivity index (χ1n) is 9.14. The van der Waals surface area contributed by atoms with E-state index in [1.165, 1.54) is 22.3 Å². The minimum absolute atomic E-state index is 0.744. The molecule has 1 aromatic heterocycles. The number of pyridine rings is 1. The summed E-state index contributed by atoms with van der Waals surface area (Å²) in [5.74, 6) is 1.04.